The van der Waals surface area contributed by atoms with Crippen LogP contribution in [-0.2, 0) is 10.0 Å². The third kappa shape index (κ3) is 3.87. The molecule has 0 aliphatic heterocycles. The molecule has 0 saturated heterocycles. The predicted octanol–water partition coefficient (Wildman–Crippen LogP) is 3.70. The average Bonchev–Trinajstić information content (AvgIpc) is 2.43. The summed E-state index contributed by atoms with van der Waals surface area (Å²) in [6.07, 6.45) is 1.48. The minimum atomic E-state index is -3.84. The zero-order valence-electron chi connectivity index (χ0n) is 11.0. The van der Waals surface area contributed by atoms with Crippen molar-refractivity contribution < 1.29 is 13.2 Å². The molecule has 2 aromatic rings. The van der Waals surface area contributed by atoms with Gasteiger partial charge in [-0.3, -0.25) is 4.72 Å². The van der Waals surface area contributed by atoms with E-state index in [1.54, 1.807) is 25.1 Å². The average molecular weight is 392 g/mol. The van der Waals surface area contributed by atoms with E-state index in [1.165, 1.54) is 18.3 Å². The number of hydrogen-bond acceptors (Lipinski definition) is 4. The molecule has 1 aromatic carbocycles. The molecular formula is C13H12BrClN2O3S. The minimum Gasteiger partial charge on any atom is -0.492 e. The normalized spacial score (nSPS) is 11.2. The second kappa shape index (κ2) is 6.64. The van der Waals surface area contributed by atoms with E-state index in [4.69, 9.17) is 16.3 Å². The number of halogens is 2. The van der Waals surface area contributed by atoms with Gasteiger partial charge in [-0.25, -0.2) is 13.4 Å². The Hall–Kier alpha value is -1.31. The lowest BCUT2D eigenvalue weighted by Crippen LogP contribution is -2.15. The Morgan fingerprint density at radius 3 is 2.81 bits per heavy atom. The lowest BCUT2D eigenvalue weighted by molar-refractivity contribution is 0.331. The van der Waals surface area contributed by atoms with Gasteiger partial charge in [0.25, 0.3) is 10.0 Å². The van der Waals surface area contributed by atoms with Gasteiger partial charge in [0.1, 0.15) is 10.6 Å². The minimum absolute atomic E-state index is 0.0265. The van der Waals surface area contributed by atoms with Crippen LogP contribution in [-0.4, -0.2) is 20.0 Å². The van der Waals surface area contributed by atoms with Crippen LogP contribution < -0.4 is 9.46 Å². The fourth-order valence-corrected chi connectivity index (χ4v) is 3.60. The zero-order chi connectivity index (χ0) is 15.5. The number of hydrogen-bond donors (Lipinski definition) is 1. The van der Waals surface area contributed by atoms with E-state index in [0.29, 0.717) is 11.1 Å². The Morgan fingerprint density at radius 1 is 1.38 bits per heavy atom. The molecule has 2 rings (SSSR count). The second-order valence-corrected chi connectivity index (χ2v) is 6.90. The van der Waals surface area contributed by atoms with Gasteiger partial charge in [-0.05, 0) is 37.3 Å². The van der Waals surface area contributed by atoms with Crippen molar-refractivity contribution in [3.8, 4) is 5.75 Å². The fraction of sp³-hybridized carbons (Fsp3) is 0.154. The maximum absolute atomic E-state index is 12.5. The van der Waals surface area contributed by atoms with Crippen molar-refractivity contribution in [2.75, 3.05) is 11.3 Å². The predicted molar refractivity (Wildman–Crippen MR) is 85.4 cm³/mol. The molecule has 0 aliphatic carbocycles. The van der Waals surface area contributed by atoms with Gasteiger partial charge in [-0.1, -0.05) is 27.5 Å². The van der Waals surface area contributed by atoms with Crippen molar-refractivity contribution >= 4 is 43.2 Å². The van der Waals surface area contributed by atoms with Gasteiger partial charge < -0.3 is 4.74 Å². The van der Waals surface area contributed by atoms with Crippen LogP contribution in [0, 0.1) is 0 Å². The van der Waals surface area contributed by atoms with Gasteiger partial charge in [0.15, 0.2) is 5.15 Å². The summed E-state index contributed by atoms with van der Waals surface area (Å²) in [5.41, 5.74) is 0.210. The first kappa shape index (κ1) is 16.1. The number of pyridine rings is 1. The Balaban J connectivity index is 2.44. The van der Waals surface area contributed by atoms with Crippen molar-refractivity contribution in [3.63, 3.8) is 0 Å². The molecule has 5 nitrogen and oxygen atoms in total. The molecule has 0 amide bonds. The molecule has 0 atom stereocenters. The Bertz CT molecular complexity index is 753. The first-order chi connectivity index (χ1) is 9.94. The maximum atomic E-state index is 12.5. The van der Waals surface area contributed by atoms with Gasteiger partial charge >= 0.3 is 0 Å². The Morgan fingerprint density at radius 2 is 2.14 bits per heavy atom. The number of benzene rings is 1. The van der Waals surface area contributed by atoms with Crippen LogP contribution in [0.5, 0.6) is 5.75 Å². The van der Waals surface area contributed by atoms with Crippen LogP contribution >= 0.6 is 27.5 Å². The number of nitrogens with zero attached hydrogens (tertiary/aromatic N) is 1. The van der Waals surface area contributed by atoms with Gasteiger partial charge in [0.2, 0.25) is 0 Å². The summed E-state index contributed by atoms with van der Waals surface area (Å²) >= 11 is 9.13. The molecule has 0 aliphatic rings. The summed E-state index contributed by atoms with van der Waals surface area (Å²) in [6.45, 7) is 2.14. The van der Waals surface area contributed by atoms with E-state index >= 15 is 0 Å². The summed E-state index contributed by atoms with van der Waals surface area (Å²) in [7, 11) is -3.84. The Labute approximate surface area is 136 Å². The highest BCUT2D eigenvalue weighted by atomic mass is 79.9. The zero-order valence-corrected chi connectivity index (χ0v) is 14.2. The summed E-state index contributed by atoms with van der Waals surface area (Å²) < 4.78 is 33.4. The van der Waals surface area contributed by atoms with E-state index in [0.717, 1.165) is 0 Å². The number of sulfonamides is 1. The summed E-state index contributed by atoms with van der Waals surface area (Å²) in [4.78, 5) is 3.86. The highest BCUT2D eigenvalue weighted by molar-refractivity contribution is 9.10. The third-order valence-corrected chi connectivity index (χ3v) is 4.68. The van der Waals surface area contributed by atoms with Crippen LogP contribution in [0.2, 0.25) is 5.15 Å². The van der Waals surface area contributed by atoms with Crippen molar-refractivity contribution in [1.82, 2.24) is 4.98 Å². The molecule has 21 heavy (non-hydrogen) atoms. The van der Waals surface area contributed by atoms with E-state index in [1.807, 2.05) is 0 Å². The molecule has 0 unspecified atom stereocenters. The molecule has 1 aromatic heterocycles. The number of nitrogens with one attached hydrogen (secondary N) is 1. The third-order valence-electron chi connectivity index (χ3n) is 2.50. The number of aromatic nitrogens is 1. The first-order valence-corrected chi connectivity index (χ1v) is 8.65. The molecule has 0 radical (unpaired) electrons. The van der Waals surface area contributed by atoms with Gasteiger partial charge in [0, 0.05) is 10.7 Å². The van der Waals surface area contributed by atoms with Gasteiger partial charge in [-0.15, -0.1) is 0 Å². The van der Waals surface area contributed by atoms with Crippen LogP contribution in [0.15, 0.2) is 45.9 Å². The van der Waals surface area contributed by atoms with Crippen LogP contribution in [0.25, 0.3) is 0 Å². The summed E-state index contributed by atoms with van der Waals surface area (Å²) in [5, 5.41) is 0.0778. The summed E-state index contributed by atoms with van der Waals surface area (Å²) in [6, 6.07) is 7.89. The lowest BCUT2D eigenvalue weighted by atomic mass is 10.3. The van der Waals surface area contributed by atoms with Gasteiger partial charge in [-0.2, -0.15) is 0 Å². The molecule has 0 bridgehead atoms. The number of rotatable bonds is 5. The molecule has 0 spiro atoms. The van der Waals surface area contributed by atoms with Gasteiger partial charge in [0.05, 0.1) is 12.3 Å². The SMILES string of the molecule is CCOc1ccc(Br)cc1S(=O)(=O)Nc1cccnc1Cl. The molecule has 0 saturated carbocycles. The van der Waals surface area contributed by atoms with E-state index in [-0.39, 0.29) is 21.5 Å². The second-order valence-electron chi connectivity index (χ2n) is 3.97. The van der Waals surface area contributed by atoms with Crippen molar-refractivity contribution in [2.45, 2.75) is 11.8 Å². The van der Waals surface area contributed by atoms with Crippen molar-refractivity contribution in [1.29, 1.82) is 0 Å². The fourth-order valence-electron chi connectivity index (χ4n) is 1.63. The lowest BCUT2D eigenvalue weighted by Gasteiger charge is -2.13. The van der Waals surface area contributed by atoms with E-state index in [2.05, 4.69) is 25.6 Å². The van der Waals surface area contributed by atoms with Crippen LogP contribution in [0.4, 0.5) is 5.69 Å². The Kier molecular flexibility index (Phi) is 5.08. The molecule has 112 valence electrons. The highest BCUT2D eigenvalue weighted by Crippen LogP contribution is 2.30. The number of ether oxygens (including phenoxy) is 1. The molecular weight excluding hydrogens is 380 g/mol. The van der Waals surface area contributed by atoms with Crippen molar-refractivity contribution in [3.05, 3.63) is 46.2 Å². The number of anilines is 1. The smallest absolute Gasteiger partial charge is 0.265 e. The monoisotopic (exact) mass is 390 g/mol. The topological polar surface area (TPSA) is 68.3 Å². The first-order valence-electron chi connectivity index (χ1n) is 5.99. The largest absolute Gasteiger partial charge is 0.492 e. The molecule has 1 heterocycles. The van der Waals surface area contributed by atoms with E-state index < -0.39 is 10.0 Å². The standard InChI is InChI=1S/C13H12BrClN2O3S/c1-2-20-11-6-5-9(14)8-12(11)21(18,19)17-10-4-3-7-16-13(10)15/h3-8,17H,2H2,1H3. The van der Waals surface area contributed by atoms with Crippen LogP contribution in [0.1, 0.15) is 6.92 Å². The van der Waals surface area contributed by atoms with Crippen molar-refractivity contribution in [2.24, 2.45) is 0 Å². The van der Waals surface area contributed by atoms with E-state index in [9.17, 15) is 8.42 Å². The highest BCUT2D eigenvalue weighted by Gasteiger charge is 2.21. The quantitative estimate of drug-likeness (QED) is 0.789. The summed E-state index contributed by atoms with van der Waals surface area (Å²) in [5.74, 6) is 0.271. The maximum Gasteiger partial charge on any atom is 0.265 e. The van der Waals surface area contributed by atoms with Crippen LogP contribution in [0.3, 0.4) is 0 Å². The molecule has 0 fully saturated rings. The molecule has 8 heteroatoms. The molecule has 1 N–H and O–H groups in total.